The molecule has 0 unspecified atom stereocenters. The summed E-state index contributed by atoms with van der Waals surface area (Å²) in [5, 5.41) is 31.0. The van der Waals surface area contributed by atoms with Crippen LogP contribution in [0, 0.1) is 0 Å². The van der Waals surface area contributed by atoms with Crippen molar-refractivity contribution in [1.29, 1.82) is 0 Å². The van der Waals surface area contributed by atoms with Crippen molar-refractivity contribution in [2.24, 2.45) is 0 Å². The molecule has 1 fully saturated rings. The molecule has 28 heavy (non-hydrogen) atoms. The Morgan fingerprint density at radius 1 is 0.750 bits per heavy atom. The number of carboxylic acids is 3. The van der Waals surface area contributed by atoms with Gasteiger partial charge in [0.15, 0.2) is 0 Å². The van der Waals surface area contributed by atoms with E-state index in [2.05, 4.69) is 0 Å². The molecule has 1 aliphatic heterocycles. The molecule has 0 aromatic heterocycles. The van der Waals surface area contributed by atoms with E-state index in [1.807, 2.05) is 0 Å². The largest absolute Gasteiger partial charge is 0.549 e. The normalized spacial score (nSPS) is 19.3. The molecule has 1 rings (SSSR count). The van der Waals surface area contributed by atoms with Crippen LogP contribution in [0.5, 0.6) is 0 Å². The van der Waals surface area contributed by atoms with Crippen LogP contribution in [-0.4, -0.2) is 128 Å². The van der Waals surface area contributed by atoms with E-state index in [-0.39, 0.29) is 46.0 Å². The van der Waals surface area contributed by atoms with Gasteiger partial charge < -0.3 is 29.6 Å². The SMILES string of the molecule is O=COCN1CCN(CC(=O)[O-])CCN(CC(=O)[O-])CCN(CC(=O)O)CC1. The van der Waals surface area contributed by atoms with Crippen LogP contribution in [0.25, 0.3) is 0 Å². The summed E-state index contributed by atoms with van der Waals surface area (Å²) in [4.78, 5) is 50.2. The van der Waals surface area contributed by atoms with Gasteiger partial charge in [-0.2, -0.15) is 0 Å². The van der Waals surface area contributed by atoms with Crippen LogP contribution in [0.4, 0.5) is 0 Å². The number of rotatable bonds is 9. The van der Waals surface area contributed by atoms with E-state index >= 15 is 0 Å². The first-order valence-electron chi connectivity index (χ1n) is 8.86. The van der Waals surface area contributed by atoms with Gasteiger partial charge in [0.1, 0.15) is 6.73 Å². The minimum atomic E-state index is -1.26. The molecule has 0 aromatic carbocycles. The molecule has 0 bridgehead atoms. The Hall–Kier alpha value is -2.28. The number of carboxylic acid groups (broad SMARTS) is 3. The summed E-state index contributed by atoms with van der Waals surface area (Å²) in [5.74, 6) is -3.52. The minimum Gasteiger partial charge on any atom is -0.549 e. The molecule has 12 heteroatoms. The lowest BCUT2D eigenvalue weighted by Crippen LogP contribution is -2.50. The Morgan fingerprint density at radius 2 is 1.11 bits per heavy atom. The highest BCUT2D eigenvalue weighted by molar-refractivity contribution is 5.69. The molecule has 1 aliphatic rings. The summed E-state index contributed by atoms with van der Waals surface area (Å²) in [6.07, 6.45) is 0. The highest BCUT2D eigenvalue weighted by Gasteiger charge is 2.18. The Morgan fingerprint density at radius 3 is 1.43 bits per heavy atom. The van der Waals surface area contributed by atoms with Crippen molar-refractivity contribution in [1.82, 2.24) is 19.6 Å². The number of carbonyl (C=O) groups excluding carboxylic acids is 3. The monoisotopic (exact) mass is 402 g/mol. The number of nitrogens with zero attached hydrogens (tertiary/aromatic N) is 4. The van der Waals surface area contributed by atoms with Crippen LogP contribution >= 0.6 is 0 Å². The van der Waals surface area contributed by atoms with Crippen molar-refractivity contribution in [3.05, 3.63) is 0 Å². The van der Waals surface area contributed by atoms with Gasteiger partial charge in [0.25, 0.3) is 6.47 Å². The van der Waals surface area contributed by atoms with E-state index in [9.17, 15) is 29.4 Å². The van der Waals surface area contributed by atoms with E-state index in [0.717, 1.165) is 0 Å². The number of hydrogen-bond donors (Lipinski definition) is 1. The maximum absolute atomic E-state index is 11.1. The van der Waals surface area contributed by atoms with Crippen molar-refractivity contribution >= 4 is 24.4 Å². The molecule has 0 aromatic rings. The van der Waals surface area contributed by atoms with Gasteiger partial charge in [-0.05, 0) is 0 Å². The maximum Gasteiger partial charge on any atom is 0.317 e. The second-order valence-corrected chi connectivity index (χ2v) is 6.48. The van der Waals surface area contributed by atoms with Gasteiger partial charge in [-0.25, -0.2) is 0 Å². The first kappa shape index (κ1) is 23.8. The number of hydrogen-bond acceptors (Lipinski definition) is 11. The van der Waals surface area contributed by atoms with E-state index in [1.54, 1.807) is 19.6 Å². The molecule has 1 N–H and O–H groups in total. The molecule has 0 aliphatic carbocycles. The lowest BCUT2D eigenvalue weighted by atomic mass is 10.3. The average Bonchev–Trinajstić information content (AvgIpc) is 2.59. The van der Waals surface area contributed by atoms with Crippen LogP contribution in [0.2, 0.25) is 0 Å². The predicted molar refractivity (Wildman–Crippen MR) is 90.6 cm³/mol. The van der Waals surface area contributed by atoms with Crippen LogP contribution in [0.1, 0.15) is 0 Å². The van der Waals surface area contributed by atoms with E-state index in [4.69, 9.17) is 9.84 Å². The van der Waals surface area contributed by atoms with Crippen LogP contribution < -0.4 is 10.2 Å². The molecule has 1 saturated heterocycles. The fourth-order valence-corrected chi connectivity index (χ4v) is 2.87. The van der Waals surface area contributed by atoms with Gasteiger partial charge in [0.2, 0.25) is 0 Å². The number of carbonyl (C=O) groups is 4. The van der Waals surface area contributed by atoms with Crippen molar-refractivity contribution in [2.45, 2.75) is 0 Å². The summed E-state index contributed by atoms with van der Waals surface area (Å²) >= 11 is 0. The van der Waals surface area contributed by atoms with Crippen LogP contribution in [0.3, 0.4) is 0 Å². The average molecular weight is 402 g/mol. The quantitative estimate of drug-likeness (QED) is 0.367. The molecule has 1 heterocycles. The van der Waals surface area contributed by atoms with Gasteiger partial charge in [-0.15, -0.1) is 0 Å². The van der Waals surface area contributed by atoms with Gasteiger partial charge >= 0.3 is 5.97 Å². The number of ether oxygens (including phenoxy) is 1. The standard InChI is InChI=1S/C16H28N4O8/c21-13-28-12-20-7-5-18(10-15(24)25)3-1-17(9-14(22)23)2-4-19(6-8-20)11-16(26)27/h13H,1-12H2,(H,22,23)(H,24,25)(H,26,27)/p-2. The van der Waals surface area contributed by atoms with Gasteiger partial charge in [-0.1, -0.05) is 0 Å². The first-order valence-corrected chi connectivity index (χ1v) is 8.86. The van der Waals surface area contributed by atoms with Crippen molar-refractivity contribution in [3.8, 4) is 0 Å². The van der Waals surface area contributed by atoms with E-state index in [0.29, 0.717) is 39.2 Å². The molecule has 12 nitrogen and oxygen atoms in total. The molecular formula is C16H26N4O8-2. The fourth-order valence-electron chi connectivity index (χ4n) is 2.87. The van der Waals surface area contributed by atoms with E-state index < -0.39 is 17.9 Å². The summed E-state index contributed by atoms with van der Waals surface area (Å²) in [5.41, 5.74) is 0. The summed E-state index contributed by atoms with van der Waals surface area (Å²) < 4.78 is 4.77. The topological polar surface area (TPSA) is 157 Å². The lowest BCUT2D eigenvalue weighted by molar-refractivity contribution is -0.308. The molecule has 0 atom stereocenters. The van der Waals surface area contributed by atoms with Gasteiger partial charge in [0.05, 0.1) is 18.5 Å². The number of aliphatic carboxylic acids is 3. The minimum absolute atomic E-state index is 0.000378. The molecule has 0 spiro atoms. The summed E-state index contributed by atoms with van der Waals surface area (Å²) in [6.45, 7) is 2.04. The second kappa shape index (κ2) is 13.0. The summed E-state index contributed by atoms with van der Waals surface area (Å²) in [6, 6.07) is 0. The van der Waals surface area contributed by atoms with Crippen molar-refractivity contribution in [3.63, 3.8) is 0 Å². The summed E-state index contributed by atoms with van der Waals surface area (Å²) in [7, 11) is 0. The zero-order valence-corrected chi connectivity index (χ0v) is 15.7. The zero-order valence-electron chi connectivity index (χ0n) is 15.7. The Kier molecular flexibility index (Phi) is 11.0. The third-order valence-corrected chi connectivity index (χ3v) is 4.32. The molecule has 0 saturated carbocycles. The van der Waals surface area contributed by atoms with Crippen LogP contribution in [-0.2, 0) is 23.9 Å². The maximum atomic E-state index is 11.1. The molecule has 0 amide bonds. The third-order valence-electron chi connectivity index (χ3n) is 4.32. The Labute approximate surface area is 162 Å². The fraction of sp³-hybridized carbons (Fsp3) is 0.750. The smallest absolute Gasteiger partial charge is 0.317 e. The van der Waals surface area contributed by atoms with E-state index in [1.165, 1.54) is 0 Å². The molecule has 0 radical (unpaired) electrons. The Balaban J connectivity index is 2.87. The predicted octanol–water partition coefficient (Wildman–Crippen LogP) is -5.08. The third kappa shape index (κ3) is 10.8. The second-order valence-electron chi connectivity index (χ2n) is 6.48. The lowest BCUT2D eigenvalue weighted by Gasteiger charge is -2.33. The highest BCUT2D eigenvalue weighted by atomic mass is 16.5. The Bertz CT molecular complexity index is 501. The zero-order chi connectivity index (χ0) is 20.9. The first-order chi connectivity index (χ1) is 13.3. The van der Waals surface area contributed by atoms with Crippen molar-refractivity contribution in [2.75, 3.05) is 78.7 Å². The molecule has 160 valence electrons. The highest BCUT2D eigenvalue weighted by Crippen LogP contribution is 2.01. The molecular weight excluding hydrogens is 376 g/mol. The van der Waals surface area contributed by atoms with Crippen LogP contribution in [0.15, 0.2) is 0 Å². The van der Waals surface area contributed by atoms with Gasteiger partial charge in [-0.3, -0.25) is 29.2 Å². The van der Waals surface area contributed by atoms with Crippen molar-refractivity contribution < 1.29 is 39.2 Å². The van der Waals surface area contributed by atoms with Gasteiger partial charge in [0, 0.05) is 65.4 Å².